The quantitative estimate of drug-likeness (QED) is 0.513. The monoisotopic (exact) mass is 444 g/mol. The highest BCUT2D eigenvalue weighted by Gasteiger charge is 2.27. The smallest absolute Gasteiger partial charge is 0.333 e. The summed E-state index contributed by atoms with van der Waals surface area (Å²) >= 11 is 0. The first-order valence-corrected chi connectivity index (χ1v) is 10.8. The second-order valence-electron chi connectivity index (χ2n) is 7.78. The van der Waals surface area contributed by atoms with E-state index in [0.29, 0.717) is 31.4 Å². The fourth-order valence-corrected chi connectivity index (χ4v) is 3.27. The second-order valence-corrected chi connectivity index (χ2v) is 7.78. The van der Waals surface area contributed by atoms with E-state index < -0.39 is 17.9 Å². The third-order valence-corrected chi connectivity index (χ3v) is 5.20. The van der Waals surface area contributed by atoms with Crippen LogP contribution in [0.25, 0.3) is 0 Å². The van der Waals surface area contributed by atoms with Crippen molar-refractivity contribution < 1.29 is 28.6 Å². The molecule has 0 aromatic heterocycles. The molecule has 0 radical (unpaired) electrons. The van der Waals surface area contributed by atoms with Gasteiger partial charge < -0.3 is 24.8 Å². The van der Waals surface area contributed by atoms with Crippen molar-refractivity contribution in [3.05, 3.63) is 59.9 Å². The Hall–Kier alpha value is -3.13. The molecule has 1 atom stereocenters. The van der Waals surface area contributed by atoms with Crippen LogP contribution in [-0.2, 0) is 16.0 Å². The molecule has 2 N–H and O–H groups in total. The predicted octanol–water partition coefficient (Wildman–Crippen LogP) is 4.18. The fraction of sp³-hybridized carbons (Fsp3) is 0.417. The minimum Gasteiger partial charge on any atom is -0.492 e. The van der Waals surface area contributed by atoms with Crippen LogP contribution < -0.4 is 10.1 Å². The van der Waals surface area contributed by atoms with E-state index in [2.05, 4.69) is 5.32 Å². The highest BCUT2D eigenvalue weighted by molar-refractivity contribution is 5.89. The number of benzene rings is 2. The van der Waals surface area contributed by atoms with Crippen molar-refractivity contribution in [1.82, 2.24) is 4.90 Å². The van der Waals surface area contributed by atoms with Gasteiger partial charge in [0.25, 0.3) is 0 Å². The molecule has 1 unspecified atom stereocenters. The Bertz CT molecular complexity index is 902. The molecule has 7 nitrogen and oxygen atoms in total. The van der Waals surface area contributed by atoms with Crippen LogP contribution in [0.3, 0.4) is 0 Å². The highest BCUT2D eigenvalue weighted by Crippen LogP contribution is 2.30. The number of urea groups is 1. The number of para-hydroxylation sites is 1. The number of rotatable bonds is 12. The summed E-state index contributed by atoms with van der Waals surface area (Å²) < 4.78 is 24.9. The lowest BCUT2D eigenvalue weighted by molar-refractivity contribution is -0.149. The van der Waals surface area contributed by atoms with Gasteiger partial charge in [-0.25, -0.2) is 14.0 Å². The molecule has 3 rings (SSSR count). The average molecular weight is 445 g/mol. The molecule has 1 aliphatic rings. The Kier molecular flexibility index (Phi) is 8.44. The first-order chi connectivity index (χ1) is 15.5. The molecule has 2 aromatic rings. The van der Waals surface area contributed by atoms with Gasteiger partial charge in [0, 0.05) is 19.6 Å². The number of anilines is 1. The molecule has 8 heteroatoms. The van der Waals surface area contributed by atoms with E-state index in [-0.39, 0.29) is 24.7 Å². The third kappa shape index (κ3) is 7.23. The van der Waals surface area contributed by atoms with Gasteiger partial charge in [0.2, 0.25) is 0 Å². The van der Waals surface area contributed by atoms with Crippen molar-refractivity contribution in [3.63, 3.8) is 0 Å². The number of nitrogens with zero attached hydrogens (tertiary/aromatic N) is 1. The van der Waals surface area contributed by atoms with Crippen LogP contribution in [0, 0.1) is 11.7 Å². The van der Waals surface area contributed by atoms with E-state index >= 15 is 0 Å². The molecule has 0 heterocycles. The van der Waals surface area contributed by atoms with E-state index in [4.69, 9.17) is 9.47 Å². The fourth-order valence-electron chi connectivity index (χ4n) is 3.27. The zero-order valence-corrected chi connectivity index (χ0v) is 18.1. The number of nitrogens with one attached hydrogen (secondary N) is 1. The van der Waals surface area contributed by atoms with Gasteiger partial charge in [-0.2, -0.15) is 0 Å². The lowest BCUT2D eigenvalue weighted by atomic mass is 10.1. The predicted molar refractivity (Wildman–Crippen MR) is 118 cm³/mol. The number of aliphatic carboxylic acids is 1. The Morgan fingerprint density at radius 3 is 2.53 bits per heavy atom. The summed E-state index contributed by atoms with van der Waals surface area (Å²) in [6.45, 7) is 3.35. The van der Waals surface area contributed by atoms with E-state index in [1.165, 1.54) is 12.1 Å². The molecule has 1 saturated carbocycles. The van der Waals surface area contributed by atoms with Crippen molar-refractivity contribution in [3.8, 4) is 5.75 Å². The van der Waals surface area contributed by atoms with Gasteiger partial charge in [-0.3, -0.25) is 0 Å². The van der Waals surface area contributed by atoms with Crippen molar-refractivity contribution in [2.75, 3.05) is 31.6 Å². The molecule has 0 aliphatic heterocycles. The zero-order chi connectivity index (χ0) is 22.9. The second kappa shape index (κ2) is 11.5. The average Bonchev–Trinajstić information content (AvgIpc) is 3.59. The van der Waals surface area contributed by atoms with E-state index in [0.717, 1.165) is 18.4 Å². The Morgan fingerprint density at radius 1 is 1.19 bits per heavy atom. The van der Waals surface area contributed by atoms with Gasteiger partial charge in [0.1, 0.15) is 18.2 Å². The molecule has 0 spiro atoms. The van der Waals surface area contributed by atoms with Crippen LogP contribution in [0.1, 0.15) is 25.3 Å². The first-order valence-electron chi connectivity index (χ1n) is 10.8. The maximum absolute atomic E-state index is 13.9. The topological polar surface area (TPSA) is 88.1 Å². The number of ether oxygens (including phenoxy) is 2. The number of halogens is 1. The summed E-state index contributed by atoms with van der Waals surface area (Å²) in [5.41, 5.74) is 0.986. The number of carbonyl (C=O) groups is 2. The number of hydrogen-bond donors (Lipinski definition) is 2. The molecule has 0 saturated heterocycles. The van der Waals surface area contributed by atoms with Crippen molar-refractivity contribution in [2.24, 2.45) is 5.92 Å². The van der Waals surface area contributed by atoms with Gasteiger partial charge in [0.05, 0.1) is 12.2 Å². The molecule has 32 heavy (non-hydrogen) atoms. The number of carboxylic acids is 1. The zero-order valence-electron chi connectivity index (χ0n) is 18.1. The molecule has 2 aromatic carbocycles. The van der Waals surface area contributed by atoms with Crippen LogP contribution in [0.2, 0.25) is 0 Å². The molecule has 172 valence electrons. The molecule has 0 bridgehead atoms. The molecule has 2 amide bonds. The van der Waals surface area contributed by atoms with Crippen LogP contribution in [0.4, 0.5) is 14.9 Å². The Labute approximate surface area is 187 Å². The van der Waals surface area contributed by atoms with Crippen LogP contribution in [0.5, 0.6) is 5.75 Å². The summed E-state index contributed by atoms with van der Waals surface area (Å²) in [6.07, 6.45) is 1.57. The maximum Gasteiger partial charge on any atom is 0.333 e. The maximum atomic E-state index is 13.9. The van der Waals surface area contributed by atoms with E-state index in [1.54, 1.807) is 48.2 Å². The summed E-state index contributed by atoms with van der Waals surface area (Å²) in [5.74, 6) is -0.360. The highest BCUT2D eigenvalue weighted by atomic mass is 19.1. The minimum absolute atomic E-state index is 0.154. The SMILES string of the molecule is CCOC(Cc1ccc(OCCN(CC2CC2)C(=O)Nc2ccccc2F)cc1)C(=O)O. The minimum atomic E-state index is -0.989. The van der Waals surface area contributed by atoms with Gasteiger partial charge in [0.15, 0.2) is 6.10 Å². The number of amides is 2. The Balaban J connectivity index is 1.51. The molecular weight excluding hydrogens is 415 g/mol. The molecule has 1 fully saturated rings. The lowest BCUT2D eigenvalue weighted by Gasteiger charge is -2.23. The summed E-state index contributed by atoms with van der Waals surface area (Å²) in [5, 5.41) is 11.8. The normalized spacial score (nSPS) is 13.9. The van der Waals surface area contributed by atoms with Gasteiger partial charge >= 0.3 is 12.0 Å². The van der Waals surface area contributed by atoms with Crippen molar-refractivity contribution in [1.29, 1.82) is 0 Å². The number of carbonyl (C=O) groups excluding carboxylic acids is 1. The first kappa shape index (κ1) is 23.5. The number of carboxylic acid groups (broad SMARTS) is 1. The van der Waals surface area contributed by atoms with Gasteiger partial charge in [-0.15, -0.1) is 0 Å². The summed E-state index contributed by atoms with van der Waals surface area (Å²) in [4.78, 5) is 25.5. The molecular formula is C24H29FN2O5. The van der Waals surface area contributed by atoms with Crippen LogP contribution in [-0.4, -0.2) is 54.4 Å². The summed E-state index contributed by atoms with van der Waals surface area (Å²) in [7, 11) is 0. The van der Waals surface area contributed by atoms with Crippen LogP contribution in [0.15, 0.2) is 48.5 Å². The number of hydrogen-bond acceptors (Lipinski definition) is 4. The molecule has 1 aliphatic carbocycles. The summed E-state index contributed by atoms with van der Waals surface area (Å²) in [6, 6.07) is 12.9. The Morgan fingerprint density at radius 2 is 1.91 bits per heavy atom. The van der Waals surface area contributed by atoms with Gasteiger partial charge in [-0.1, -0.05) is 24.3 Å². The van der Waals surface area contributed by atoms with Crippen molar-refractivity contribution >= 4 is 17.7 Å². The lowest BCUT2D eigenvalue weighted by Crippen LogP contribution is -2.39. The third-order valence-electron chi connectivity index (χ3n) is 5.20. The standard InChI is InChI=1S/C24H29FN2O5/c1-2-31-22(23(28)29)15-17-9-11-19(12-10-17)32-14-13-27(16-18-7-8-18)24(30)26-21-6-4-3-5-20(21)25/h3-6,9-12,18,22H,2,7-8,13-16H2,1H3,(H,26,30)(H,28,29). The van der Waals surface area contributed by atoms with Crippen molar-refractivity contribution in [2.45, 2.75) is 32.3 Å². The van der Waals surface area contributed by atoms with E-state index in [1.807, 2.05) is 0 Å². The van der Waals surface area contributed by atoms with Crippen LogP contribution >= 0.6 is 0 Å². The van der Waals surface area contributed by atoms with Gasteiger partial charge in [-0.05, 0) is 55.5 Å². The largest absolute Gasteiger partial charge is 0.492 e. The van der Waals surface area contributed by atoms with E-state index in [9.17, 15) is 19.1 Å².